The fourth-order valence-electron chi connectivity index (χ4n) is 1.44. The summed E-state index contributed by atoms with van der Waals surface area (Å²) in [7, 11) is 2.08. The molecule has 0 fully saturated rings. The summed E-state index contributed by atoms with van der Waals surface area (Å²) in [6.45, 7) is 3.22. The second-order valence-electron chi connectivity index (χ2n) is 3.30. The second-order valence-corrected chi connectivity index (χ2v) is 3.30. The van der Waals surface area contributed by atoms with Gasteiger partial charge in [-0.15, -0.1) is 0 Å². The molecule has 0 aliphatic heterocycles. The van der Waals surface area contributed by atoms with Gasteiger partial charge >= 0.3 is 0 Å². The third kappa shape index (κ3) is 2.65. The van der Waals surface area contributed by atoms with E-state index < -0.39 is 0 Å². The molecular formula is C11H18N2. The average molecular weight is 178 g/mol. The van der Waals surface area contributed by atoms with Crippen LogP contribution >= 0.6 is 0 Å². The third-order valence-electron chi connectivity index (χ3n) is 2.11. The molecule has 0 atom stereocenters. The van der Waals surface area contributed by atoms with Crippen LogP contribution in [0.5, 0.6) is 0 Å². The molecule has 0 aromatic heterocycles. The molecule has 0 heterocycles. The number of hydrogen-bond acceptors (Lipinski definition) is 2. The summed E-state index contributed by atoms with van der Waals surface area (Å²) in [6, 6.07) is 0. The number of nitrogens with zero attached hydrogens (tertiary/aromatic N) is 1. The molecule has 0 aromatic carbocycles. The van der Waals surface area contributed by atoms with E-state index in [1.807, 2.05) is 6.08 Å². The van der Waals surface area contributed by atoms with E-state index in [2.05, 4.69) is 37.1 Å². The molecule has 0 amide bonds. The highest BCUT2D eigenvalue weighted by Crippen LogP contribution is 2.12. The van der Waals surface area contributed by atoms with Gasteiger partial charge in [0.2, 0.25) is 0 Å². The smallest absolute Gasteiger partial charge is 0.0594 e. The normalized spacial score (nSPS) is 16.2. The number of hydrogen-bond donors (Lipinski definition) is 1. The molecule has 0 aromatic rings. The van der Waals surface area contributed by atoms with E-state index >= 15 is 0 Å². The van der Waals surface area contributed by atoms with Crippen LogP contribution in [-0.4, -0.2) is 18.5 Å². The number of rotatable bonds is 3. The maximum absolute atomic E-state index is 5.91. The summed E-state index contributed by atoms with van der Waals surface area (Å²) >= 11 is 0. The quantitative estimate of drug-likeness (QED) is 0.716. The fourth-order valence-corrected chi connectivity index (χ4v) is 1.44. The van der Waals surface area contributed by atoms with Gasteiger partial charge in [0.05, 0.1) is 11.4 Å². The lowest BCUT2D eigenvalue weighted by Crippen LogP contribution is -2.20. The lowest BCUT2D eigenvalue weighted by atomic mass is 10.2. The fraction of sp³-hybridized carbons (Fsp3) is 0.455. The molecule has 1 aliphatic rings. The van der Waals surface area contributed by atoms with E-state index in [9.17, 15) is 0 Å². The molecule has 0 bridgehead atoms. The molecule has 1 rings (SSSR count). The molecule has 2 heteroatoms. The maximum Gasteiger partial charge on any atom is 0.0594 e. The summed E-state index contributed by atoms with van der Waals surface area (Å²) in [5.41, 5.74) is 7.91. The van der Waals surface area contributed by atoms with Crippen LogP contribution < -0.4 is 5.73 Å². The molecule has 0 spiro atoms. The van der Waals surface area contributed by atoms with Crippen molar-refractivity contribution in [1.29, 1.82) is 0 Å². The lowest BCUT2D eigenvalue weighted by molar-refractivity contribution is 0.426. The van der Waals surface area contributed by atoms with E-state index in [4.69, 9.17) is 5.73 Å². The first kappa shape index (κ1) is 9.90. The van der Waals surface area contributed by atoms with Crippen molar-refractivity contribution in [2.75, 3.05) is 13.6 Å². The predicted molar refractivity (Wildman–Crippen MR) is 57.0 cm³/mol. The summed E-state index contributed by atoms with van der Waals surface area (Å²) in [4.78, 5) is 2.20. The molecule has 0 saturated carbocycles. The number of likely N-dealkylation sites (N-methyl/N-ethyl adjacent to an activating group) is 1. The van der Waals surface area contributed by atoms with Crippen LogP contribution in [0.2, 0.25) is 0 Å². The van der Waals surface area contributed by atoms with E-state index in [-0.39, 0.29) is 0 Å². The predicted octanol–water partition coefficient (Wildman–Crippen LogP) is 2.01. The molecule has 2 N–H and O–H groups in total. The largest absolute Gasteiger partial charge is 0.397 e. The molecular weight excluding hydrogens is 160 g/mol. The summed E-state index contributed by atoms with van der Waals surface area (Å²) in [6.07, 6.45) is 10.4. The molecule has 0 saturated heterocycles. The Bertz CT molecular complexity index is 249. The zero-order valence-corrected chi connectivity index (χ0v) is 8.46. The van der Waals surface area contributed by atoms with E-state index in [0.29, 0.717) is 0 Å². The molecule has 1 aliphatic carbocycles. The lowest BCUT2D eigenvalue weighted by Gasteiger charge is -2.20. The van der Waals surface area contributed by atoms with Gasteiger partial charge in [-0.05, 0) is 25.0 Å². The highest BCUT2D eigenvalue weighted by Gasteiger charge is 2.04. The van der Waals surface area contributed by atoms with Crippen LogP contribution in [0.25, 0.3) is 0 Å². The van der Waals surface area contributed by atoms with Crippen LogP contribution in [0.3, 0.4) is 0 Å². The first-order chi connectivity index (χ1) is 6.25. The van der Waals surface area contributed by atoms with E-state index in [1.165, 1.54) is 0 Å². The molecule has 0 radical (unpaired) electrons. The Balaban J connectivity index is 2.79. The van der Waals surface area contributed by atoms with Gasteiger partial charge in [-0.25, -0.2) is 0 Å². The molecule has 0 unspecified atom stereocenters. The minimum absolute atomic E-state index is 0.865. The number of nitrogens with two attached hydrogens (primary N) is 1. The SMILES string of the molecule is CCCN(C)C1=C(N)C=CCC=C1. The van der Waals surface area contributed by atoms with E-state index in [0.717, 1.165) is 30.8 Å². The van der Waals surface area contributed by atoms with Gasteiger partial charge in [-0.2, -0.15) is 0 Å². The van der Waals surface area contributed by atoms with Crippen LogP contribution in [-0.2, 0) is 0 Å². The Kier molecular flexibility index (Phi) is 3.62. The van der Waals surface area contributed by atoms with Crippen molar-refractivity contribution in [2.24, 2.45) is 5.73 Å². The minimum Gasteiger partial charge on any atom is -0.397 e. The van der Waals surface area contributed by atoms with Gasteiger partial charge in [0.15, 0.2) is 0 Å². The van der Waals surface area contributed by atoms with Gasteiger partial charge in [0.1, 0.15) is 0 Å². The molecule has 2 nitrogen and oxygen atoms in total. The summed E-state index contributed by atoms with van der Waals surface area (Å²) < 4.78 is 0. The Morgan fingerprint density at radius 2 is 2.08 bits per heavy atom. The van der Waals surface area contributed by atoms with Gasteiger partial charge in [0.25, 0.3) is 0 Å². The highest BCUT2D eigenvalue weighted by atomic mass is 15.1. The highest BCUT2D eigenvalue weighted by molar-refractivity contribution is 5.32. The topological polar surface area (TPSA) is 29.3 Å². The summed E-state index contributed by atoms with van der Waals surface area (Å²) in [5, 5.41) is 0. The zero-order chi connectivity index (χ0) is 9.68. The Morgan fingerprint density at radius 3 is 2.77 bits per heavy atom. The van der Waals surface area contributed by atoms with E-state index in [1.54, 1.807) is 0 Å². The Labute approximate surface area is 80.4 Å². The van der Waals surface area contributed by atoms with Crippen molar-refractivity contribution in [2.45, 2.75) is 19.8 Å². The average Bonchev–Trinajstić information content (AvgIpc) is 2.30. The van der Waals surface area contributed by atoms with Crippen molar-refractivity contribution in [3.05, 3.63) is 35.7 Å². The standard InChI is InChI=1S/C11H18N2/c1-3-9-13(2)11-8-6-4-5-7-10(11)12/h5-8H,3-4,9,12H2,1-2H3. The van der Waals surface area contributed by atoms with Gasteiger partial charge < -0.3 is 10.6 Å². The third-order valence-corrected chi connectivity index (χ3v) is 2.11. The first-order valence-corrected chi connectivity index (χ1v) is 4.79. The first-order valence-electron chi connectivity index (χ1n) is 4.79. The second kappa shape index (κ2) is 4.75. The zero-order valence-electron chi connectivity index (χ0n) is 8.46. The minimum atomic E-state index is 0.865. The Hall–Kier alpha value is -1.18. The van der Waals surface area contributed by atoms with Crippen molar-refractivity contribution >= 4 is 0 Å². The van der Waals surface area contributed by atoms with Gasteiger partial charge in [-0.1, -0.05) is 19.1 Å². The summed E-state index contributed by atoms with van der Waals surface area (Å²) in [5.74, 6) is 0. The van der Waals surface area contributed by atoms with Gasteiger partial charge in [-0.3, -0.25) is 0 Å². The van der Waals surface area contributed by atoms with Crippen molar-refractivity contribution in [3.63, 3.8) is 0 Å². The van der Waals surface area contributed by atoms with Crippen LogP contribution in [0.15, 0.2) is 35.7 Å². The molecule has 72 valence electrons. The number of allylic oxidation sites excluding steroid dienone is 4. The molecule has 13 heavy (non-hydrogen) atoms. The van der Waals surface area contributed by atoms with Crippen LogP contribution in [0, 0.1) is 0 Å². The van der Waals surface area contributed by atoms with Gasteiger partial charge in [0, 0.05) is 13.6 Å². The Morgan fingerprint density at radius 1 is 1.38 bits per heavy atom. The van der Waals surface area contributed by atoms with Crippen LogP contribution in [0.1, 0.15) is 19.8 Å². The van der Waals surface area contributed by atoms with Crippen molar-refractivity contribution < 1.29 is 0 Å². The maximum atomic E-state index is 5.91. The van der Waals surface area contributed by atoms with Crippen LogP contribution in [0.4, 0.5) is 0 Å². The van der Waals surface area contributed by atoms with Crippen molar-refractivity contribution in [3.8, 4) is 0 Å². The van der Waals surface area contributed by atoms with Crippen molar-refractivity contribution in [1.82, 2.24) is 4.90 Å². The monoisotopic (exact) mass is 178 g/mol.